The van der Waals surface area contributed by atoms with Gasteiger partial charge >= 0.3 is 0 Å². The lowest BCUT2D eigenvalue weighted by atomic mass is 10.2. The Morgan fingerprint density at radius 3 is 2.65 bits per heavy atom. The van der Waals surface area contributed by atoms with Gasteiger partial charge in [-0.1, -0.05) is 12.1 Å². The first-order valence-electron chi connectivity index (χ1n) is 6.68. The second kappa shape index (κ2) is 5.76. The largest absolute Gasteiger partial charge is 0.347 e. The predicted molar refractivity (Wildman–Crippen MR) is 86.8 cm³/mol. The number of imidazole rings is 1. The molecule has 7 nitrogen and oxygen atoms in total. The Bertz CT molecular complexity index is 971. The molecule has 0 bridgehead atoms. The zero-order valence-electron chi connectivity index (χ0n) is 12.2. The van der Waals surface area contributed by atoms with Crippen molar-refractivity contribution < 1.29 is 13.2 Å². The molecule has 1 amide bonds. The van der Waals surface area contributed by atoms with E-state index < -0.39 is 10.0 Å². The minimum absolute atomic E-state index is 0.0393. The Morgan fingerprint density at radius 1 is 1.35 bits per heavy atom. The van der Waals surface area contributed by atoms with Crippen LogP contribution in [0.4, 0.5) is 0 Å². The fourth-order valence-electron chi connectivity index (χ4n) is 2.07. The molecule has 1 aromatic carbocycles. The molecular weight excluding hydrogens is 336 g/mol. The van der Waals surface area contributed by atoms with Crippen molar-refractivity contribution in [3.8, 4) is 0 Å². The molecule has 0 saturated heterocycles. The first kappa shape index (κ1) is 15.7. The van der Waals surface area contributed by atoms with E-state index in [1.165, 1.54) is 23.5 Å². The maximum atomic E-state index is 12.1. The standard InChI is InChI=1S/C14H14N4O3S2/c1-9-8-22-14-17-12(7-18(9)14)13(19)16-6-10-2-4-11(5-3-10)23(15,20)21/h2-5,7-8H,6H2,1H3,(H,16,19)(H2,15,20,21). The fourth-order valence-corrected chi connectivity index (χ4v) is 3.44. The van der Waals surface area contributed by atoms with Crippen LogP contribution < -0.4 is 10.5 Å². The molecule has 9 heteroatoms. The summed E-state index contributed by atoms with van der Waals surface area (Å²) in [6.45, 7) is 2.22. The normalized spacial score (nSPS) is 11.7. The van der Waals surface area contributed by atoms with Crippen LogP contribution >= 0.6 is 11.3 Å². The number of nitrogens with one attached hydrogen (secondary N) is 1. The zero-order chi connectivity index (χ0) is 16.6. The summed E-state index contributed by atoms with van der Waals surface area (Å²) in [5, 5.41) is 9.76. The Balaban J connectivity index is 1.68. The minimum atomic E-state index is -3.71. The van der Waals surface area contributed by atoms with Gasteiger partial charge in [0.05, 0.1) is 4.90 Å². The number of carbonyl (C=O) groups is 1. The van der Waals surface area contributed by atoms with Crippen molar-refractivity contribution in [1.29, 1.82) is 0 Å². The summed E-state index contributed by atoms with van der Waals surface area (Å²) in [6, 6.07) is 6.03. The van der Waals surface area contributed by atoms with Gasteiger partial charge in [0.1, 0.15) is 5.69 Å². The van der Waals surface area contributed by atoms with Crippen molar-refractivity contribution in [2.75, 3.05) is 0 Å². The van der Waals surface area contributed by atoms with Crippen molar-refractivity contribution in [2.24, 2.45) is 5.14 Å². The number of carbonyl (C=O) groups excluding carboxylic acids is 1. The molecule has 0 radical (unpaired) electrons. The Hall–Kier alpha value is -2.23. The van der Waals surface area contributed by atoms with Gasteiger partial charge in [0.15, 0.2) is 4.96 Å². The van der Waals surface area contributed by atoms with Crippen LogP contribution in [0.2, 0.25) is 0 Å². The van der Waals surface area contributed by atoms with Gasteiger partial charge in [-0.25, -0.2) is 18.5 Å². The number of hydrogen-bond acceptors (Lipinski definition) is 5. The smallest absolute Gasteiger partial charge is 0.271 e. The lowest BCUT2D eigenvalue weighted by molar-refractivity contribution is 0.0946. The van der Waals surface area contributed by atoms with Crippen LogP contribution in [0.25, 0.3) is 4.96 Å². The van der Waals surface area contributed by atoms with Crippen molar-refractivity contribution in [1.82, 2.24) is 14.7 Å². The second-order valence-corrected chi connectivity index (χ2v) is 7.43. The fraction of sp³-hybridized carbons (Fsp3) is 0.143. The third-order valence-corrected chi connectivity index (χ3v) is 5.21. The third-order valence-electron chi connectivity index (χ3n) is 3.33. The van der Waals surface area contributed by atoms with Gasteiger partial charge in [0.25, 0.3) is 5.91 Å². The average molecular weight is 350 g/mol. The predicted octanol–water partition coefficient (Wildman–Crippen LogP) is 1.28. The molecule has 0 aliphatic heterocycles. The molecule has 3 rings (SSSR count). The highest BCUT2D eigenvalue weighted by Crippen LogP contribution is 2.16. The SMILES string of the molecule is Cc1csc2nc(C(=O)NCc3ccc(S(N)(=O)=O)cc3)cn12. The summed E-state index contributed by atoms with van der Waals surface area (Å²) < 4.78 is 24.2. The van der Waals surface area contributed by atoms with E-state index in [-0.39, 0.29) is 17.3 Å². The molecular formula is C14H14N4O3S2. The molecule has 0 aliphatic rings. The van der Waals surface area contributed by atoms with E-state index in [0.29, 0.717) is 5.69 Å². The molecule has 0 fully saturated rings. The van der Waals surface area contributed by atoms with Gasteiger partial charge in [-0.15, -0.1) is 11.3 Å². The Labute approximate surface area is 136 Å². The molecule has 3 aromatic rings. The molecule has 0 spiro atoms. The van der Waals surface area contributed by atoms with Gasteiger partial charge in [-0.05, 0) is 24.6 Å². The van der Waals surface area contributed by atoms with Gasteiger partial charge in [0, 0.05) is 23.8 Å². The topological polar surface area (TPSA) is 107 Å². The molecule has 0 aliphatic carbocycles. The summed E-state index contributed by atoms with van der Waals surface area (Å²) in [4.78, 5) is 17.2. The summed E-state index contributed by atoms with van der Waals surface area (Å²) in [7, 11) is -3.71. The third kappa shape index (κ3) is 3.26. The van der Waals surface area contributed by atoms with Gasteiger partial charge in [-0.3, -0.25) is 9.20 Å². The molecule has 120 valence electrons. The highest BCUT2D eigenvalue weighted by atomic mass is 32.2. The van der Waals surface area contributed by atoms with Crippen molar-refractivity contribution in [3.05, 3.63) is 52.8 Å². The quantitative estimate of drug-likeness (QED) is 0.739. The van der Waals surface area contributed by atoms with Crippen LogP contribution in [0.15, 0.2) is 40.7 Å². The summed E-state index contributed by atoms with van der Waals surface area (Å²) in [5.74, 6) is -0.282. The number of thiazole rings is 1. The Morgan fingerprint density at radius 2 is 2.04 bits per heavy atom. The van der Waals surface area contributed by atoms with E-state index in [4.69, 9.17) is 5.14 Å². The van der Waals surface area contributed by atoms with Gasteiger partial charge in [0.2, 0.25) is 10.0 Å². The van der Waals surface area contributed by atoms with Crippen molar-refractivity contribution in [3.63, 3.8) is 0 Å². The molecule has 0 atom stereocenters. The number of amides is 1. The highest BCUT2D eigenvalue weighted by molar-refractivity contribution is 7.89. The molecule has 3 N–H and O–H groups in total. The first-order chi connectivity index (χ1) is 10.8. The number of nitrogens with zero attached hydrogens (tertiary/aromatic N) is 2. The molecule has 23 heavy (non-hydrogen) atoms. The maximum Gasteiger partial charge on any atom is 0.271 e. The van der Waals surface area contributed by atoms with E-state index in [2.05, 4.69) is 10.3 Å². The van der Waals surface area contributed by atoms with Crippen LogP contribution in [0.5, 0.6) is 0 Å². The number of hydrogen-bond donors (Lipinski definition) is 2. The number of nitrogens with two attached hydrogens (primary N) is 1. The summed E-state index contributed by atoms with van der Waals surface area (Å²) in [5.41, 5.74) is 2.14. The Kier molecular flexibility index (Phi) is 3.92. The lowest BCUT2D eigenvalue weighted by Crippen LogP contribution is -2.23. The number of primary sulfonamides is 1. The van der Waals surface area contributed by atoms with E-state index in [9.17, 15) is 13.2 Å². The van der Waals surface area contributed by atoms with Crippen molar-refractivity contribution in [2.45, 2.75) is 18.4 Å². The van der Waals surface area contributed by atoms with E-state index in [1.807, 2.05) is 16.7 Å². The van der Waals surface area contributed by atoms with Gasteiger partial charge < -0.3 is 5.32 Å². The lowest BCUT2D eigenvalue weighted by Gasteiger charge is -2.04. The molecule has 0 unspecified atom stereocenters. The van der Waals surface area contributed by atoms with E-state index in [0.717, 1.165) is 16.2 Å². The van der Waals surface area contributed by atoms with E-state index >= 15 is 0 Å². The molecule has 2 heterocycles. The number of aryl methyl sites for hydroxylation is 1. The second-order valence-electron chi connectivity index (χ2n) is 5.03. The molecule has 0 saturated carbocycles. The minimum Gasteiger partial charge on any atom is -0.347 e. The number of rotatable bonds is 4. The van der Waals surface area contributed by atoms with Crippen molar-refractivity contribution >= 4 is 32.2 Å². The highest BCUT2D eigenvalue weighted by Gasteiger charge is 2.13. The van der Waals surface area contributed by atoms with Crippen LogP contribution in [0.3, 0.4) is 0 Å². The summed E-state index contributed by atoms with van der Waals surface area (Å²) in [6.07, 6.45) is 1.70. The van der Waals surface area contributed by atoms with Crippen LogP contribution in [-0.4, -0.2) is 23.7 Å². The van der Waals surface area contributed by atoms with Gasteiger partial charge in [-0.2, -0.15) is 0 Å². The molecule has 2 aromatic heterocycles. The average Bonchev–Trinajstić information content (AvgIpc) is 3.07. The number of benzene rings is 1. The number of sulfonamides is 1. The van der Waals surface area contributed by atoms with E-state index in [1.54, 1.807) is 18.3 Å². The van der Waals surface area contributed by atoms with Crippen LogP contribution in [0, 0.1) is 6.92 Å². The zero-order valence-corrected chi connectivity index (χ0v) is 13.8. The first-order valence-corrected chi connectivity index (χ1v) is 9.10. The van der Waals surface area contributed by atoms with Crippen LogP contribution in [0.1, 0.15) is 21.7 Å². The summed E-state index contributed by atoms with van der Waals surface area (Å²) >= 11 is 1.47. The maximum absolute atomic E-state index is 12.1. The number of aromatic nitrogens is 2. The van der Waals surface area contributed by atoms with Crippen LogP contribution in [-0.2, 0) is 16.6 Å². The monoisotopic (exact) mass is 350 g/mol. The number of fused-ring (bicyclic) bond motifs is 1.